The molecule has 2 N–H and O–H groups in total. The number of nitrogens with zero attached hydrogens (tertiary/aromatic N) is 1. The van der Waals surface area contributed by atoms with Crippen LogP contribution in [0.5, 0.6) is 11.5 Å². The Bertz CT molecular complexity index is 807. The molecule has 21 heavy (non-hydrogen) atoms. The Kier molecular flexibility index (Phi) is 3.43. The molecular weight excluding hydrogens is 284 g/mol. The fourth-order valence-electron chi connectivity index (χ4n) is 2.34. The van der Waals surface area contributed by atoms with Crippen molar-refractivity contribution >= 4 is 28.2 Å². The number of anilines is 1. The van der Waals surface area contributed by atoms with Gasteiger partial charge in [-0.3, -0.25) is 4.98 Å². The van der Waals surface area contributed by atoms with E-state index in [9.17, 15) is 0 Å². The molecule has 1 heterocycles. The maximum absolute atomic E-state index is 6.18. The summed E-state index contributed by atoms with van der Waals surface area (Å²) in [5.74, 6) is 1.42. The quantitative estimate of drug-likeness (QED) is 0.686. The molecule has 2 aromatic carbocycles. The highest BCUT2D eigenvalue weighted by atomic mass is 35.5. The summed E-state index contributed by atoms with van der Waals surface area (Å²) in [5, 5.41) is 1.65. The number of halogens is 1. The fraction of sp³-hybridized carbons (Fsp3) is 0.118. The van der Waals surface area contributed by atoms with E-state index in [1.54, 1.807) is 6.20 Å². The Morgan fingerprint density at radius 2 is 1.81 bits per heavy atom. The minimum Gasteiger partial charge on any atom is -0.455 e. The number of ether oxygens (including phenoxy) is 1. The largest absolute Gasteiger partial charge is 0.455 e. The second-order valence-electron chi connectivity index (χ2n) is 5.03. The van der Waals surface area contributed by atoms with Crippen LogP contribution in [0.2, 0.25) is 5.02 Å². The zero-order chi connectivity index (χ0) is 15.0. The van der Waals surface area contributed by atoms with E-state index in [-0.39, 0.29) is 0 Å². The van der Waals surface area contributed by atoms with Gasteiger partial charge in [-0.2, -0.15) is 0 Å². The van der Waals surface area contributed by atoms with Gasteiger partial charge in [-0.1, -0.05) is 11.6 Å². The predicted octanol–water partition coefficient (Wildman–Crippen LogP) is 4.88. The third-order valence-electron chi connectivity index (χ3n) is 3.40. The van der Waals surface area contributed by atoms with Crippen molar-refractivity contribution in [3.63, 3.8) is 0 Å². The Balaban J connectivity index is 2.09. The number of hydrogen-bond donors (Lipinski definition) is 1. The molecule has 0 aliphatic rings. The van der Waals surface area contributed by atoms with Crippen LogP contribution in [0.4, 0.5) is 5.69 Å². The van der Waals surface area contributed by atoms with Crippen LogP contribution in [0, 0.1) is 13.8 Å². The fourth-order valence-corrected chi connectivity index (χ4v) is 2.45. The first-order chi connectivity index (χ1) is 10.1. The molecule has 1 aromatic heterocycles. The average molecular weight is 299 g/mol. The van der Waals surface area contributed by atoms with Gasteiger partial charge in [0.1, 0.15) is 11.3 Å². The van der Waals surface area contributed by atoms with Crippen molar-refractivity contribution in [3.05, 3.63) is 58.7 Å². The van der Waals surface area contributed by atoms with Gasteiger partial charge in [-0.05, 0) is 61.4 Å². The summed E-state index contributed by atoms with van der Waals surface area (Å²) in [6.07, 6.45) is 1.73. The van der Waals surface area contributed by atoms with Crippen molar-refractivity contribution < 1.29 is 4.74 Å². The number of aromatic nitrogens is 1. The van der Waals surface area contributed by atoms with Crippen LogP contribution >= 0.6 is 11.6 Å². The number of nitrogens with two attached hydrogens (primary N) is 1. The Hall–Kier alpha value is -2.26. The molecule has 0 saturated heterocycles. The molecule has 0 spiro atoms. The Morgan fingerprint density at radius 3 is 2.52 bits per heavy atom. The van der Waals surface area contributed by atoms with E-state index in [1.165, 1.54) is 0 Å². The molecule has 106 valence electrons. The second kappa shape index (κ2) is 5.26. The van der Waals surface area contributed by atoms with Gasteiger partial charge in [0.05, 0.1) is 0 Å². The number of benzene rings is 2. The lowest BCUT2D eigenvalue weighted by Gasteiger charge is -2.12. The number of rotatable bonds is 2. The van der Waals surface area contributed by atoms with Gasteiger partial charge in [-0.15, -0.1) is 0 Å². The molecule has 0 unspecified atom stereocenters. The van der Waals surface area contributed by atoms with Gasteiger partial charge in [0, 0.05) is 22.3 Å². The summed E-state index contributed by atoms with van der Waals surface area (Å²) >= 11 is 6.18. The first-order valence-electron chi connectivity index (χ1n) is 6.64. The maximum Gasteiger partial charge on any atom is 0.153 e. The summed E-state index contributed by atoms with van der Waals surface area (Å²) in [5.41, 5.74) is 9.39. The molecule has 0 aliphatic carbocycles. The predicted molar refractivity (Wildman–Crippen MR) is 87.2 cm³/mol. The molecule has 0 bridgehead atoms. The van der Waals surface area contributed by atoms with Crippen molar-refractivity contribution in [2.24, 2.45) is 0 Å². The van der Waals surface area contributed by atoms with Crippen LogP contribution in [0.3, 0.4) is 0 Å². The molecule has 0 atom stereocenters. The topological polar surface area (TPSA) is 48.1 Å². The summed E-state index contributed by atoms with van der Waals surface area (Å²) in [6, 6.07) is 11.3. The lowest BCUT2D eigenvalue weighted by atomic mass is 10.1. The van der Waals surface area contributed by atoms with Gasteiger partial charge in [0.15, 0.2) is 5.75 Å². The second-order valence-corrected chi connectivity index (χ2v) is 5.40. The van der Waals surface area contributed by atoms with E-state index >= 15 is 0 Å². The lowest BCUT2D eigenvalue weighted by Crippen LogP contribution is -1.93. The van der Waals surface area contributed by atoms with E-state index < -0.39 is 0 Å². The highest BCUT2D eigenvalue weighted by Gasteiger charge is 2.09. The van der Waals surface area contributed by atoms with E-state index in [0.29, 0.717) is 11.4 Å². The first kappa shape index (κ1) is 13.7. The zero-order valence-corrected chi connectivity index (χ0v) is 12.6. The first-order valence-corrected chi connectivity index (χ1v) is 7.02. The summed E-state index contributed by atoms with van der Waals surface area (Å²) < 4.78 is 5.99. The zero-order valence-electron chi connectivity index (χ0n) is 11.9. The molecule has 3 nitrogen and oxygen atoms in total. The molecule has 0 radical (unpaired) electrons. The number of nitrogen functional groups attached to an aromatic ring is 1. The number of fused-ring (bicyclic) bond motifs is 1. The van der Waals surface area contributed by atoms with Gasteiger partial charge in [0.2, 0.25) is 0 Å². The standard InChI is InChI=1S/C17H15ClN2O/c1-10-8-12(9-11(2)16(10)18)21-15-6-5-14(19)13-4-3-7-20-17(13)15/h3-9H,19H2,1-2H3. The molecule has 0 amide bonds. The lowest BCUT2D eigenvalue weighted by molar-refractivity contribution is 0.486. The third kappa shape index (κ3) is 2.52. The summed E-state index contributed by atoms with van der Waals surface area (Å²) in [6.45, 7) is 3.92. The maximum atomic E-state index is 6.18. The Morgan fingerprint density at radius 1 is 1.10 bits per heavy atom. The van der Waals surface area contributed by atoms with Crippen LogP contribution < -0.4 is 10.5 Å². The van der Waals surface area contributed by atoms with Gasteiger partial charge >= 0.3 is 0 Å². The third-order valence-corrected chi connectivity index (χ3v) is 4.00. The van der Waals surface area contributed by atoms with Crippen molar-refractivity contribution in [1.82, 2.24) is 4.98 Å². The molecular formula is C17H15ClN2O. The van der Waals surface area contributed by atoms with E-state index in [2.05, 4.69) is 4.98 Å². The van der Waals surface area contributed by atoms with Crippen LogP contribution in [-0.4, -0.2) is 4.98 Å². The number of pyridine rings is 1. The Labute approximate surface area is 128 Å². The van der Waals surface area contributed by atoms with Crippen molar-refractivity contribution in [2.45, 2.75) is 13.8 Å². The minimum atomic E-state index is 0.681. The molecule has 0 saturated carbocycles. The van der Waals surface area contributed by atoms with Crippen LogP contribution in [0.1, 0.15) is 11.1 Å². The van der Waals surface area contributed by atoms with Crippen LogP contribution in [0.15, 0.2) is 42.6 Å². The summed E-state index contributed by atoms with van der Waals surface area (Å²) in [4.78, 5) is 4.37. The van der Waals surface area contributed by atoms with E-state index in [4.69, 9.17) is 22.1 Å². The SMILES string of the molecule is Cc1cc(Oc2ccc(N)c3cccnc23)cc(C)c1Cl. The normalized spacial score (nSPS) is 10.8. The monoisotopic (exact) mass is 298 g/mol. The highest BCUT2D eigenvalue weighted by molar-refractivity contribution is 6.32. The van der Waals surface area contributed by atoms with Gasteiger partial charge < -0.3 is 10.5 Å². The van der Waals surface area contributed by atoms with Crippen molar-refractivity contribution in [2.75, 3.05) is 5.73 Å². The number of aryl methyl sites for hydroxylation is 2. The van der Waals surface area contributed by atoms with E-state index in [0.717, 1.165) is 32.8 Å². The van der Waals surface area contributed by atoms with Crippen LogP contribution in [0.25, 0.3) is 10.9 Å². The summed E-state index contributed by atoms with van der Waals surface area (Å²) in [7, 11) is 0. The minimum absolute atomic E-state index is 0.681. The molecule has 0 aliphatic heterocycles. The highest BCUT2D eigenvalue weighted by Crippen LogP contribution is 2.33. The van der Waals surface area contributed by atoms with Crippen molar-refractivity contribution in [3.8, 4) is 11.5 Å². The molecule has 3 aromatic rings. The smallest absolute Gasteiger partial charge is 0.153 e. The van der Waals surface area contributed by atoms with Gasteiger partial charge in [-0.25, -0.2) is 0 Å². The van der Waals surface area contributed by atoms with Gasteiger partial charge in [0.25, 0.3) is 0 Å². The molecule has 0 fully saturated rings. The average Bonchev–Trinajstić information content (AvgIpc) is 2.48. The molecule has 4 heteroatoms. The van der Waals surface area contributed by atoms with E-state index in [1.807, 2.05) is 50.2 Å². The molecule has 3 rings (SSSR count). The number of hydrogen-bond acceptors (Lipinski definition) is 3. The van der Waals surface area contributed by atoms with Crippen LogP contribution in [-0.2, 0) is 0 Å². The van der Waals surface area contributed by atoms with Crippen molar-refractivity contribution in [1.29, 1.82) is 0 Å².